The van der Waals surface area contributed by atoms with Crippen LogP contribution >= 0.6 is 0 Å². The van der Waals surface area contributed by atoms with E-state index in [4.69, 9.17) is 4.74 Å². The van der Waals surface area contributed by atoms with E-state index < -0.39 is 20.0 Å². The lowest BCUT2D eigenvalue weighted by Crippen LogP contribution is -2.38. The number of hydrogen-bond acceptors (Lipinski definition) is 5. The SMILES string of the molecule is COc1ccc(C)cc1N(CCNS(=O)(=O)c1ccccc1)S(C)(=O)=O. The Morgan fingerprint density at radius 1 is 1.04 bits per heavy atom. The van der Waals surface area contributed by atoms with Crippen molar-refractivity contribution in [2.45, 2.75) is 11.8 Å². The molecule has 142 valence electrons. The minimum atomic E-state index is -3.71. The van der Waals surface area contributed by atoms with E-state index >= 15 is 0 Å². The van der Waals surface area contributed by atoms with Gasteiger partial charge < -0.3 is 4.74 Å². The molecule has 0 saturated heterocycles. The molecule has 2 aromatic carbocycles. The summed E-state index contributed by atoms with van der Waals surface area (Å²) in [5.41, 5.74) is 1.23. The van der Waals surface area contributed by atoms with Crippen molar-refractivity contribution < 1.29 is 21.6 Å². The summed E-state index contributed by atoms with van der Waals surface area (Å²) >= 11 is 0. The first-order chi connectivity index (χ1) is 12.1. The second-order valence-corrected chi connectivity index (χ2v) is 9.40. The molecule has 2 aromatic rings. The summed E-state index contributed by atoms with van der Waals surface area (Å²) in [5, 5.41) is 0. The molecule has 0 saturated carbocycles. The Labute approximate surface area is 154 Å². The van der Waals surface area contributed by atoms with Gasteiger partial charge in [-0.05, 0) is 36.8 Å². The highest BCUT2D eigenvalue weighted by Gasteiger charge is 2.22. The standard InChI is InChI=1S/C17H22N2O5S2/c1-14-9-10-17(24-2)16(13-14)19(25(3,20)21)12-11-18-26(22,23)15-7-5-4-6-8-15/h4-10,13,18H,11-12H2,1-3H3. The summed E-state index contributed by atoms with van der Waals surface area (Å²) in [6, 6.07) is 13.1. The van der Waals surface area contributed by atoms with Crippen molar-refractivity contribution >= 4 is 25.7 Å². The Morgan fingerprint density at radius 3 is 2.27 bits per heavy atom. The molecule has 9 heteroatoms. The molecule has 0 fully saturated rings. The zero-order valence-corrected chi connectivity index (χ0v) is 16.5. The average molecular weight is 399 g/mol. The van der Waals surface area contributed by atoms with Crippen LogP contribution in [0.2, 0.25) is 0 Å². The van der Waals surface area contributed by atoms with Crippen LogP contribution in [-0.2, 0) is 20.0 Å². The molecule has 0 spiro atoms. The molecule has 0 aliphatic heterocycles. The van der Waals surface area contributed by atoms with Crippen molar-refractivity contribution in [3.05, 3.63) is 54.1 Å². The van der Waals surface area contributed by atoms with E-state index in [1.54, 1.807) is 36.4 Å². The number of hydrogen-bond donors (Lipinski definition) is 1. The molecule has 0 heterocycles. The second-order valence-electron chi connectivity index (χ2n) is 5.72. The predicted octanol–water partition coefficient (Wildman–Crippen LogP) is 1.75. The molecule has 0 unspecified atom stereocenters. The highest BCUT2D eigenvalue weighted by molar-refractivity contribution is 7.92. The fourth-order valence-corrected chi connectivity index (χ4v) is 4.39. The van der Waals surface area contributed by atoms with Gasteiger partial charge in [0.2, 0.25) is 20.0 Å². The minimum absolute atomic E-state index is 0.0648. The van der Waals surface area contributed by atoms with Crippen LogP contribution in [0.4, 0.5) is 5.69 Å². The van der Waals surface area contributed by atoms with E-state index in [1.807, 2.05) is 6.92 Å². The van der Waals surface area contributed by atoms with E-state index in [2.05, 4.69) is 4.72 Å². The van der Waals surface area contributed by atoms with Crippen molar-refractivity contribution in [1.82, 2.24) is 4.72 Å². The maximum atomic E-state index is 12.3. The van der Waals surface area contributed by atoms with Crippen LogP contribution in [0.3, 0.4) is 0 Å². The average Bonchev–Trinajstić information content (AvgIpc) is 2.58. The van der Waals surface area contributed by atoms with Crippen LogP contribution in [0.25, 0.3) is 0 Å². The molecule has 0 aliphatic rings. The molecular weight excluding hydrogens is 376 g/mol. The molecule has 0 aliphatic carbocycles. The van der Waals surface area contributed by atoms with Crippen molar-refractivity contribution in [3.8, 4) is 5.75 Å². The maximum absolute atomic E-state index is 12.3. The van der Waals surface area contributed by atoms with Gasteiger partial charge in [0, 0.05) is 13.1 Å². The van der Waals surface area contributed by atoms with Gasteiger partial charge in [-0.3, -0.25) is 4.31 Å². The predicted molar refractivity (Wildman–Crippen MR) is 102 cm³/mol. The fraction of sp³-hybridized carbons (Fsp3) is 0.294. The van der Waals surface area contributed by atoms with Gasteiger partial charge in [-0.2, -0.15) is 0 Å². The molecule has 26 heavy (non-hydrogen) atoms. The quantitative estimate of drug-likeness (QED) is 0.731. The Balaban J connectivity index is 2.22. The van der Waals surface area contributed by atoms with E-state index in [1.165, 1.54) is 19.2 Å². The van der Waals surface area contributed by atoms with E-state index in [0.29, 0.717) is 11.4 Å². The van der Waals surface area contributed by atoms with Gasteiger partial charge >= 0.3 is 0 Å². The first-order valence-corrected chi connectivity index (χ1v) is 11.2. The van der Waals surface area contributed by atoms with Gasteiger partial charge in [0.1, 0.15) is 5.75 Å². The summed E-state index contributed by atoms with van der Waals surface area (Å²) in [6.07, 6.45) is 1.07. The third-order valence-corrected chi connectivity index (χ3v) is 6.32. The Morgan fingerprint density at radius 2 is 1.69 bits per heavy atom. The maximum Gasteiger partial charge on any atom is 0.240 e. The summed E-state index contributed by atoms with van der Waals surface area (Å²) in [6.45, 7) is 1.69. The van der Waals surface area contributed by atoms with E-state index in [-0.39, 0.29) is 18.0 Å². The first-order valence-electron chi connectivity index (χ1n) is 7.82. The number of anilines is 1. The van der Waals surface area contributed by atoms with Crippen LogP contribution in [0.1, 0.15) is 5.56 Å². The van der Waals surface area contributed by atoms with Crippen molar-refractivity contribution in [2.75, 3.05) is 30.8 Å². The third kappa shape index (κ3) is 4.96. The van der Waals surface area contributed by atoms with E-state index in [9.17, 15) is 16.8 Å². The Kier molecular flexibility index (Phi) is 6.27. The van der Waals surface area contributed by atoms with Gasteiger partial charge in [-0.25, -0.2) is 21.6 Å². The lowest BCUT2D eigenvalue weighted by atomic mass is 10.2. The van der Waals surface area contributed by atoms with Gasteiger partial charge in [-0.15, -0.1) is 0 Å². The van der Waals surface area contributed by atoms with Gasteiger partial charge in [0.05, 0.1) is 23.9 Å². The topological polar surface area (TPSA) is 92.8 Å². The van der Waals surface area contributed by atoms with E-state index in [0.717, 1.165) is 16.1 Å². The van der Waals surface area contributed by atoms with Crippen LogP contribution in [0.15, 0.2) is 53.4 Å². The number of benzene rings is 2. The Hall–Kier alpha value is -2.10. The zero-order valence-electron chi connectivity index (χ0n) is 14.8. The largest absolute Gasteiger partial charge is 0.495 e. The number of ether oxygens (including phenoxy) is 1. The molecule has 0 radical (unpaired) electrons. The lowest BCUT2D eigenvalue weighted by Gasteiger charge is -2.24. The van der Waals surface area contributed by atoms with Gasteiger partial charge in [-0.1, -0.05) is 24.3 Å². The van der Waals surface area contributed by atoms with Gasteiger partial charge in [0.25, 0.3) is 0 Å². The number of aryl methyl sites for hydroxylation is 1. The molecule has 7 nitrogen and oxygen atoms in total. The van der Waals surface area contributed by atoms with Gasteiger partial charge in [0.15, 0.2) is 0 Å². The molecule has 0 bridgehead atoms. The van der Waals surface area contributed by atoms with Crippen molar-refractivity contribution in [1.29, 1.82) is 0 Å². The zero-order chi connectivity index (χ0) is 19.4. The first kappa shape index (κ1) is 20.2. The fourth-order valence-electron chi connectivity index (χ4n) is 2.42. The summed E-state index contributed by atoms with van der Waals surface area (Å²) in [5.74, 6) is 0.395. The number of methoxy groups -OCH3 is 1. The number of rotatable bonds is 8. The molecule has 2 rings (SSSR count). The number of nitrogens with one attached hydrogen (secondary N) is 1. The normalized spacial score (nSPS) is 12.0. The molecule has 0 aromatic heterocycles. The van der Waals surface area contributed by atoms with Crippen LogP contribution in [0, 0.1) is 6.92 Å². The highest BCUT2D eigenvalue weighted by atomic mass is 32.2. The monoisotopic (exact) mass is 398 g/mol. The lowest BCUT2D eigenvalue weighted by molar-refractivity contribution is 0.415. The van der Waals surface area contributed by atoms with Crippen LogP contribution < -0.4 is 13.8 Å². The smallest absolute Gasteiger partial charge is 0.240 e. The Bertz CT molecular complexity index is 958. The van der Waals surface area contributed by atoms with Crippen LogP contribution in [-0.4, -0.2) is 43.3 Å². The molecule has 0 amide bonds. The van der Waals surface area contributed by atoms with Crippen molar-refractivity contribution in [2.24, 2.45) is 0 Å². The highest BCUT2D eigenvalue weighted by Crippen LogP contribution is 2.30. The second kappa shape index (κ2) is 8.07. The molecule has 1 N–H and O–H groups in total. The number of nitrogens with zero attached hydrogens (tertiary/aromatic N) is 1. The minimum Gasteiger partial charge on any atom is -0.495 e. The summed E-state index contributed by atoms with van der Waals surface area (Å²) in [4.78, 5) is 0.124. The summed E-state index contributed by atoms with van der Waals surface area (Å²) < 4.78 is 57.8. The third-order valence-electron chi connectivity index (χ3n) is 3.66. The van der Waals surface area contributed by atoms with Crippen molar-refractivity contribution in [3.63, 3.8) is 0 Å². The molecular formula is C17H22N2O5S2. The molecule has 0 atom stereocenters. The van der Waals surface area contributed by atoms with Crippen LogP contribution in [0.5, 0.6) is 5.75 Å². The number of sulfonamides is 2. The summed E-state index contributed by atoms with van der Waals surface area (Å²) in [7, 11) is -5.89.